The third-order valence-corrected chi connectivity index (χ3v) is 6.54. The molecule has 1 atom stereocenters. The van der Waals surface area contributed by atoms with Crippen LogP contribution in [0.15, 0.2) is 12.4 Å². The Morgan fingerprint density at radius 1 is 1.28 bits per heavy atom. The number of nitrogens with one attached hydrogen (secondary N) is 1. The number of carbonyl (C=O) groups is 2. The van der Waals surface area contributed by atoms with Gasteiger partial charge in [0.1, 0.15) is 0 Å². The van der Waals surface area contributed by atoms with Gasteiger partial charge >= 0.3 is 0 Å². The molecule has 8 heteroatoms. The maximum Gasteiger partial charge on any atom is 0.256 e. The van der Waals surface area contributed by atoms with Gasteiger partial charge < -0.3 is 19.9 Å². The van der Waals surface area contributed by atoms with Crippen molar-refractivity contribution < 1.29 is 14.3 Å². The topological polar surface area (TPSA) is 87.7 Å². The molecule has 2 amide bonds. The second-order valence-corrected chi connectivity index (χ2v) is 8.53. The number of anilines is 1. The zero-order valence-electron chi connectivity index (χ0n) is 17.2. The van der Waals surface area contributed by atoms with Gasteiger partial charge in [0, 0.05) is 58.1 Å². The van der Waals surface area contributed by atoms with E-state index in [-0.39, 0.29) is 23.3 Å². The van der Waals surface area contributed by atoms with Gasteiger partial charge in [0.05, 0.1) is 11.7 Å². The van der Waals surface area contributed by atoms with Crippen LogP contribution in [0.4, 0.5) is 5.95 Å². The number of nitrogens with zero attached hydrogens (tertiary/aromatic N) is 4. The van der Waals surface area contributed by atoms with E-state index in [9.17, 15) is 9.59 Å². The number of ether oxygens (including phenoxy) is 1. The summed E-state index contributed by atoms with van der Waals surface area (Å²) in [7, 11) is 0. The number of rotatable bonds is 5. The SMILES string of the molecule is CCNc1ncc(C(=O)N2CCC3(CCC(=O)N(C[C@H]4CCCO4)C3)CC2)cn1. The fourth-order valence-corrected chi connectivity index (χ4v) is 4.77. The largest absolute Gasteiger partial charge is 0.376 e. The van der Waals surface area contributed by atoms with Gasteiger partial charge in [-0.1, -0.05) is 0 Å². The molecule has 3 saturated heterocycles. The van der Waals surface area contributed by atoms with Crippen molar-refractivity contribution >= 4 is 17.8 Å². The number of likely N-dealkylation sites (tertiary alicyclic amines) is 2. The van der Waals surface area contributed by atoms with Gasteiger partial charge in [0.25, 0.3) is 5.91 Å². The number of hydrogen-bond acceptors (Lipinski definition) is 6. The second-order valence-electron chi connectivity index (χ2n) is 8.53. The molecule has 0 saturated carbocycles. The van der Waals surface area contributed by atoms with E-state index in [4.69, 9.17) is 4.74 Å². The molecule has 1 aromatic heterocycles. The van der Waals surface area contributed by atoms with Crippen molar-refractivity contribution in [3.05, 3.63) is 18.0 Å². The molecule has 0 bridgehead atoms. The van der Waals surface area contributed by atoms with Crippen molar-refractivity contribution in [1.29, 1.82) is 0 Å². The van der Waals surface area contributed by atoms with Crippen molar-refractivity contribution in [2.24, 2.45) is 5.41 Å². The first kappa shape index (κ1) is 20.1. The smallest absolute Gasteiger partial charge is 0.256 e. The Morgan fingerprint density at radius 3 is 2.69 bits per heavy atom. The van der Waals surface area contributed by atoms with Gasteiger partial charge in [0.15, 0.2) is 0 Å². The molecule has 3 aliphatic rings. The molecule has 1 spiro atoms. The van der Waals surface area contributed by atoms with E-state index in [1.165, 1.54) is 0 Å². The van der Waals surface area contributed by atoms with Crippen LogP contribution in [0.1, 0.15) is 55.8 Å². The molecule has 29 heavy (non-hydrogen) atoms. The molecule has 0 aliphatic carbocycles. The molecule has 3 aliphatic heterocycles. The summed E-state index contributed by atoms with van der Waals surface area (Å²) in [5.74, 6) is 0.786. The fourth-order valence-electron chi connectivity index (χ4n) is 4.77. The normalized spacial score (nSPS) is 24.2. The first-order chi connectivity index (χ1) is 14.1. The second kappa shape index (κ2) is 8.65. The quantitative estimate of drug-likeness (QED) is 0.811. The lowest BCUT2D eigenvalue weighted by molar-refractivity contribution is -0.141. The average molecular weight is 402 g/mol. The van der Waals surface area contributed by atoms with Crippen molar-refractivity contribution in [2.75, 3.05) is 44.6 Å². The van der Waals surface area contributed by atoms with Gasteiger partial charge in [-0.3, -0.25) is 9.59 Å². The fraction of sp³-hybridized carbons (Fsp3) is 0.714. The molecule has 1 N–H and O–H groups in total. The first-order valence-corrected chi connectivity index (χ1v) is 10.8. The first-order valence-electron chi connectivity index (χ1n) is 10.8. The van der Waals surface area contributed by atoms with Crippen LogP contribution in [0.5, 0.6) is 0 Å². The van der Waals surface area contributed by atoms with E-state index >= 15 is 0 Å². The number of piperidine rings is 2. The molecule has 158 valence electrons. The molecular formula is C21H31N5O3. The molecule has 4 rings (SSSR count). The number of aromatic nitrogens is 2. The van der Waals surface area contributed by atoms with Crippen molar-refractivity contribution in [3.8, 4) is 0 Å². The van der Waals surface area contributed by atoms with Gasteiger partial charge in [0.2, 0.25) is 11.9 Å². The average Bonchev–Trinajstić information content (AvgIpc) is 3.25. The van der Waals surface area contributed by atoms with Crippen LogP contribution < -0.4 is 5.32 Å². The third kappa shape index (κ3) is 4.52. The van der Waals surface area contributed by atoms with Crippen LogP contribution in [0, 0.1) is 5.41 Å². The van der Waals surface area contributed by atoms with Crippen LogP contribution in [-0.4, -0.2) is 77.0 Å². The lowest BCUT2D eigenvalue weighted by Gasteiger charge is -2.47. The Labute approximate surface area is 172 Å². The molecule has 0 aromatic carbocycles. The Balaban J connectivity index is 1.34. The summed E-state index contributed by atoms with van der Waals surface area (Å²) >= 11 is 0. The highest BCUT2D eigenvalue weighted by Gasteiger charge is 2.42. The third-order valence-electron chi connectivity index (χ3n) is 6.54. The number of carbonyl (C=O) groups excluding carboxylic acids is 2. The summed E-state index contributed by atoms with van der Waals surface area (Å²) in [5, 5.41) is 3.04. The minimum Gasteiger partial charge on any atom is -0.376 e. The van der Waals surface area contributed by atoms with Crippen molar-refractivity contribution in [3.63, 3.8) is 0 Å². The Kier molecular flexibility index (Phi) is 5.99. The predicted molar refractivity (Wildman–Crippen MR) is 109 cm³/mol. The number of amides is 2. The van der Waals surface area contributed by atoms with E-state index in [0.29, 0.717) is 17.9 Å². The van der Waals surface area contributed by atoms with Crippen LogP contribution in [0.2, 0.25) is 0 Å². The summed E-state index contributed by atoms with van der Waals surface area (Å²) in [6.07, 6.45) is 8.94. The molecule has 8 nitrogen and oxygen atoms in total. The minimum absolute atomic E-state index is 0.00834. The summed E-state index contributed by atoms with van der Waals surface area (Å²) in [6, 6.07) is 0. The zero-order valence-corrected chi connectivity index (χ0v) is 17.2. The van der Waals surface area contributed by atoms with Crippen LogP contribution in [-0.2, 0) is 9.53 Å². The maximum atomic E-state index is 12.8. The highest BCUT2D eigenvalue weighted by Crippen LogP contribution is 2.40. The van der Waals surface area contributed by atoms with Crippen molar-refractivity contribution in [1.82, 2.24) is 19.8 Å². The standard InChI is InChI=1S/C21H31N5O3/c1-2-22-20-23-12-16(13-24-20)19(28)25-9-7-21(8-10-25)6-5-18(27)26(15-21)14-17-4-3-11-29-17/h12-13,17H,2-11,14-15H2,1H3,(H,22,23,24)/t17-/m1/s1. The van der Waals surface area contributed by atoms with E-state index < -0.39 is 0 Å². The molecule has 0 radical (unpaired) electrons. The minimum atomic E-state index is -0.00834. The van der Waals surface area contributed by atoms with E-state index in [1.54, 1.807) is 12.4 Å². The van der Waals surface area contributed by atoms with E-state index in [2.05, 4.69) is 15.3 Å². The molecule has 3 fully saturated rings. The monoisotopic (exact) mass is 401 g/mol. The molecule has 1 aromatic rings. The van der Waals surface area contributed by atoms with Crippen LogP contribution >= 0.6 is 0 Å². The molecule has 0 unspecified atom stereocenters. The van der Waals surface area contributed by atoms with Gasteiger partial charge in [-0.15, -0.1) is 0 Å². The van der Waals surface area contributed by atoms with Crippen LogP contribution in [0.3, 0.4) is 0 Å². The summed E-state index contributed by atoms with van der Waals surface area (Å²) in [4.78, 5) is 37.6. The Bertz CT molecular complexity index is 724. The van der Waals surface area contributed by atoms with Gasteiger partial charge in [-0.05, 0) is 44.4 Å². The Morgan fingerprint density at radius 2 is 2.03 bits per heavy atom. The van der Waals surface area contributed by atoms with Crippen molar-refractivity contribution in [2.45, 2.75) is 51.6 Å². The highest BCUT2D eigenvalue weighted by atomic mass is 16.5. The predicted octanol–water partition coefficient (Wildman–Crippen LogP) is 1.93. The van der Waals surface area contributed by atoms with E-state index in [1.807, 2.05) is 16.7 Å². The highest BCUT2D eigenvalue weighted by molar-refractivity contribution is 5.93. The molecular weight excluding hydrogens is 370 g/mol. The lowest BCUT2D eigenvalue weighted by atomic mass is 9.72. The summed E-state index contributed by atoms with van der Waals surface area (Å²) in [5.41, 5.74) is 0.663. The Hall–Kier alpha value is -2.22. The number of hydrogen-bond donors (Lipinski definition) is 1. The van der Waals surface area contributed by atoms with E-state index in [0.717, 1.165) is 71.4 Å². The van der Waals surface area contributed by atoms with Crippen LogP contribution in [0.25, 0.3) is 0 Å². The van der Waals surface area contributed by atoms with Gasteiger partial charge in [-0.2, -0.15) is 0 Å². The van der Waals surface area contributed by atoms with Gasteiger partial charge in [-0.25, -0.2) is 9.97 Å². The lowest BCUT2D eigenvalue weighted by Crippen LogP contribution is -2.53. The summed E-state index contributed by atoms with van der Waals surface area (Å²) < 4.78 is 5.74. The summed E-state index contributed by atoms with van der Waals surface area (Å²) in [6.45, 7) is 6.49. The molecule has 4 heterocycles. The zero-order chi connectivity index (χ0) is 20.3. The maximum absolute atomic E-state index is 12.8.